The highest BCUT2D eigenvalue weighted by molar-refractivity contribution is 5.53. The van der Waals surface area contributed by atoms with Crippen LogP contribution in [0, 0.1) is 69.0 Å². The number of hydrogen-bond acceptors (Lipinski definition) is 0. The van der Waals surface area contributed by atoms with Crippen molar-refractivity contribution in [2.75, 3.05) is 0 Å². The lowest BCUT2D eigenvalue weighted by molar-refractivity contribution is 0.569. The van der Waals surface area contributed by atoms with Gasteiger partial charge in [-0.15, -0.1) is 0 Å². The van der Waals surface area contributed by atoms with Crippen LogP contribution in [0.3, 0.4) is 0 Å². The lowest BCUT2D eigenvalue weighted by Crippen LogP contribution is -2.06. The quantitative estimate of drug-likeness (QED) is 0.340. The molecule has 0 bridgehead atoms. The van der Waals surface area contributed by atoms with E-state index >= 15 is 0 Å². The maximum atomic E-state index is 3.42. The van der Waals surface area contributed by atoms with Crippen molar-refractivity contribution in [1.29, 1.82) is 0 Å². The molecular weight excluding hydrogens is 384 g/mol. The summed E-state index contributed by atoms with van der Waals surface area (Å²) in [6, 6.07) is 0. The van der Waals surface area contributed by atoms with Gasteiger partial charge in [0.05, 0.1) is 11.1 Å². The van der Waals surface area contributed by atoms with Crippen molar-refractivity contribution in [1.82, 2.24) is 0 Å². The Morgan fingerprint density at radius 3 is 0.750 bits per heavy atom. The Morgan fingerprint density at radius 1 is 0.406 bits per heavy atom. The van der Waals surface area contributed by atoms with E-state index in [-0.39, 0.29) is 21.7 Å². The average molecular weight is 429 g/mol. The van der Waals surface area contributed by atoms with Gasteiger partial charge in [0.15, 0.2) is 0 Å². The molecule has 1 aliphatic rings. The molecule has 0 N–H and O–H groups in total. The zero-order valence-corrected chi connectivity index (χ0v) is 22.8. The molecule has 0 heterocycles. The molecule has 0 nitrogen and oxygen atoms in total. The lowest BCUT2D eigenvalue weighted by Gasteiger charge is -2.19. The summed E-state index contributed by atoms with van der Waals surface area (Å²) in [5.74, 6) is 27.3. The van der Waals surface area contributed by atoms with E-state index in [2.05, 4.69) is 130 Å². The molecule has 0 saturated heterocycles. The topological polar surface area (TPSA) is 0 Å². The molecule has 32 heavy (non-hydrogen) atoms. The number of rotatable bonds is 0. The van der Waals surface area contributed by atoms with Crippen molar-refractivity contribution < 1.29 is 0 Å². The van der Waals surface area contributed by atoms with Gasteiger partial charge >= 0.3 is 0 Å². The fraction of sp³-hybridized carbons (Fsp3) is 0.625. The summed E-state index contributed by atoms with van der Waals surface area (Å²) >= 11 is 0. The Kier molecular flexibility index (Phi) is 9.16. The second-order valence-electron chi connectivity index (χ2n) is 13.0. The Hall–Kier alpha value is -2.28. The first-order valence-corrected chi connectivity index (χ1v) is 11.9. The summed E-state index contributed by atoms with van der Waals surface area (Å²) in [5.41, 5.74) is 4.68. The highest BCUT2D eigenvalue weighted by Gasteiger charge is 2.17. The Morgan fingerprint density at radius 2 is 0.594 bits per heavy atom. The zero-order chi connectivity index (χ0) is 24.8. The van der Waals surface area contributed by atoms with Crippen molar-refractivity contribution in [3.63, 3.8) is 0 Å². The second kappa shape index (κ2) is 10.6. The van der Waals surface area contributed by atoms with Crippen molar-refractivity contribution >= 4 is 0 Å². The molecule has 172 valence electrons. The minimum absolute atomic E-state index is 0.0345. The summed E-state index contributed by atoms with van der Waals surface area (Å²) in [7, 11) is 0. The van der Waals surface area contributed by atoms with E-state index in [1.807, 2.05) is 0 Å². The van der Waals surface area contributed by atoms with Crippen LogP contribution in [0.5, 0.6) is 0 Å². The van der Waals surface area contributed by atoms with Crippen molar-refractivity contribution in [3.05, 3.63) is 22.3 Å². The maximum Gasteiger partial charge on any atom is 0.0736 e. The Labute approximate surface area is 200 Å². The summed E-state index contributed by atoms with van der Waals surface area (Å²) in [5, 5.41) is 0. The Balaban J connectivity index is 3.40. The molecule has 0 amide bonds. The fourth-order valence-electron chi connectivity index (χ4n) is 2.77. The van der Waals surface area contributed by atoms with E-state index in [4.69, 9.17) is 0 Å². The molecule has 1 rings (SSSR count). The molecule has 0 heteroatoms. The molecule has 1 fully saturated rings. The van der Waals surface area contributed by atoms with Gasteiger partial charge in [-0.2, -0.15) is 0 Å². The molecule has 0 aromatic heterocycles. The lowest BCUT2D eigenvalue weighted by atomic mass is 9.84. The van der Waals surface area contributed by atoms with Gasteiger partial charge in [0.2, 0.25) is 0 Å². The predicted octanol–water partition coefficient (Wildman–Crippen LogP) is 8.35. The molecule has 0 atom stereocenters. The van der Waals surface area contributed by atoms with E-state index < -0.39 is 0 Å². The monoisotopic (exact) mass is 428 g/mol. The molecular formula is C32H44. The van der Waals surface area contributed by atoms with Gasteiger partial charge in [-0.1, -0.05) is 47.4 Å². The van der Waals surface area contributed by atoms with Gasteiger partial charge in [0.25, 0.3) is 0 Å². The van der Waals surface area contributed by atoms with Crippen molar-refractivity contribution in [2.24, 2.45) is 21.7 Å². The summed E-state index contributed by atoms with van der Waals surface area (Å²) in [4.78, 5) is 0. The molecule has 1 saturated carbocycles. The minimum atomic E-state index is -0.0345. The van der Waals surface area contributed by atoms with Crippen molar-refractivity contribution in [2.45, 2.75) is 109 Å². The average Bonchev–Trinajstić information content (AvgIpc) is 2.58. The van der Waals surface area contributed by atoms with Gasteiger partial charge in [-0.05, 0) is 120 Å². The first kappa shape index (κ1) is 27.8. The molecule has 0 spiro atoms. The summed E-state index contributed by atoms with van der Waals surface area (Å²) < 4.78 is 0. The Bertz CT molecular complexity index is 828. The van der Waals surface area contributed by atoms with Crippen LogP contribution in [-0.4, -0.2) is 0 Å². The molecule has 0 radical (unpaired) electrons. The van der Waals surface area contributed by atoms with Gasteiger partial charge in [0.1, 0.15) is 0 Å². The van der Waals surface area contributed by atoms with Gasteiger partial charge in [-0.25, -0.2) is 0 Å². The van der Waals surface area contributed by atoms with Crippen molar-refractivity contribution in [3.8, 4) is 47.4 Å². The van der Waals surface area contributed by atoms with Crippen LogP contribution in [0.25, 0.3) is 0 Å². The van der Waals surface area contributed by atoms with Crippen LogP contribution in [0.4, 0.5) is 0 Å². The normalized spacial score (nSPS) is 14.5. The molecule has 1 aliphatic carbocycles. The van der Waals surface area contributed by atoms with Crippen LogP contribution >= 0.6 is 0 Å². The van der Waals surface area contributed by atoms with E-state index in [1.54, 1.807) is 0 Å². The SMILES string of the molecule is CC(C)(C)C#CC(C#CC(C)(C)C)=C1CCC(=C(C#CC(C)(C)C)C#CC(C)(C)C)CC1. The summed E-state index contributed by atoms with van der Waals surface area (Å²) in [6.45, 7) is 25.8. The smallest absolute Gasteiger partial charge is 0.0736 e. The largest absolute Gasteiger partial charge is 0.0913 e. The van der Waals surface area contributed by atoms with Crippen LogP contribution in [0.15, 0.2) is 22.3 Å². The van der Waals surface area contributed by atoms with Crippen LogP contribution in [-0.2, 0) is 0 Å². The van der Waals surface area contributed by atoms with Crippen LogP contribution in [0.2, 0.25) is 0 Å². The molecule has 0 aromatic rings. The van der Waals surface area contributed by atoms with E-state index in [1.165, 1.54) is 11.1 Å². The van der Waals surface area contributed by atoms with Crippen LogP contribution in [0.1, 0.15) is 109 Å². The third kappa shape index (κ3) is 12.5. The minimum Gasteiger partial charge on any atom is -0.0913 e. The van der Waals surface area contributed by atoms with Gasteiger partial charge in [0, 0.05) is 21.7 Å². The van der Waals surface area contributed by atoms with E-state index in [0.717, 1.165) is 36.8 Å². The van der Waals surface area contributed by atoms with Gasteiger partial charge < -0.3 is 0 Å². The number of hydrogen-bond donors (Lipinski definition) is 0. The maximum absolute atomic E-state index is 3.42. The van der Waals surface area contributed by atoms with E-state index in [0.29, 0.717) is 0 Å². The molecule has 0 aliphatic heterocycles. The summed E-state index contributed by atoms with van der Waals surface area (Å²) in [6.07, 6.45) is 3.95. The van der Waals surface area contributed by atoms with Gasteiger partial charge in [-0.3, -0.25) is 0 Å². The number of allylic oxidation sites excluding steroid dienone is 4. The standard InChI is InChI=1S/C32H44/c1-29(2,3)21-17-27(18-22-30(4,5)6)25-13-15-26(16-14-25)28(19-23-31(7,8)9)20-24-32(10,11)12/h13-16H2,1-12H3. The molecule has 0 aromatic carbocycles. The highest BCUT2D eigenvalue weighted by Crippen LogP contribution is 2.32. The first-order chi connectivity index (χ1) is 14.3. The predicted molar refractivity (Wildman–Crippen MR) is 141 cm³/mol. The highest BCUT2D eigenvalue weighted by atomic mass is 14.2. The molecule has 0 unspecified atom stereocenters. The van der Waals surface area contributed by atoms with E-state index in [9.17, 15) is 0 Å². The zero-order valence-electron chi connectivity index (χ0n) is 22.8. The fourth-order valence-corrected chi connectivity index (χ4v) is 2.77. The third-order valence-electron chi connectivity index (χ3n) is 4.41. The third-order valence-corrected chi connectivity index (χ3v) is 4.41. The second-order valence-corrected chi connectivity index (χ2v) is 13.0. The first-order valence-electron chi connectivity index (χ1n) is 11.9. The van der Waals surface area contributed by atoms with Crippen LogP contribution < -0.4 is 0 Å².